The number of nitrogen functional groups attached to an aromatic ring is 1. The molecule has 1 aromatic carbocycles. The molecule has 0 aliphatic heterocycles. The Labute approximate surface area is 122 Å². The number of halogens is 2. The van der Waals surface area contributed by atoms with E-state index in [-0.39, 0.29) is 5.02 Å². The van der Waals surface area contributed by atoms with Crippen LogP contribution in [-0.4, -0.2) is 20.0 Å². The van der Waals surface area contributed by atoms with Crippen LogP contribution < -0.4 is 5.73 Å². The molecule has 0 radical (unpaired) electrons. The van der Waals surface area contributed by atoms with E-state index in [4.69, 9.17) is 17.3 Å². The van der Waals surface area contributed by atoms with E-state index in [0.29, 0.717) is 15.8 Å². The first-order valence-corrected chi connectivity index (χ1v) is 6.85. The lowest BCUT2D eigenvalue weighted by molar-refractivity contribution is 0.627. The molecule has 2 N–H and O–H groups in total. The van der Waals surface area contributed by atoms with Gasteiger partial charge in [0.15, 0.2) is 5.01 Å². The molecule has 0 bridgehead atoms. The smallest absolute Gasteiger partial charge is 0.203 e. The molecule has 20 heavy (non-hydrogen) atoms. The predicted molar refractivity (Wildman–Crippen MR) is 76.6 cm³/mol. The summed E-state index contributed by atoms with van der Waals surface area (Å²) in [5.41, 5.74) is 7.94. The van der Waals surface area contributed by atoms with Gasteiger partial charge in [-0.1, -0.05) is 22.9 Å². The maximum atomic E-state index is 13.2. The van der Waals surface area contributed by atoms with Crippen molar-refractivity contribution in [3.05, 3.63) is 40.9 Å². The van der Waals surface area contributed by atoms with Crippen LogP contribution in [0, 0.1) is 12.7 Å². The first-order chi connectivity index (χ1) is 9.56. The summed E-state index contributed by atoms with van der Waals surface area (Å²) in [6, 6.07) is 4.44. The van der Waals surface area contributed by atoms with Crippen molar-refractivity contribution in [2.75, 3.05) is 5.73 Å². The van der Waals surface area contributed by atoms with E-state index in [0.717, 1.165) is 11.3 Å². The quantitative estimate of drug-likeness (QED) is 0.790. The Kier molecular flexibility index (Phi) is 3.15. The highest BCUT2D eigenvalue weighted by atomic mass is 35.5. The van der Waals surface area contributed by atoms with Crippen molar-refractivity contribution in [3.63, 3.8) is 0 Å². The van der Waals surface area contributed by atoms with Crippen LogP contribution in [0.25, 0.3) is 16.3 Å². The van der Waals surface area contributed by atoms with Gasteiger partial charge in [-0.3, -0.25) is 0 Å². The number of hydrogen-bond donors (Lipinski definition) is 1. The van der Waals surface area contributed by atoms with Crippen molar-refractivity contribution in [1.82, 2.24) is 20.0 Å². The molecule has 0 aliphatic rings. The van der Waals surface area contributed by atoms with Crippen LogP contribution in [-0.2, 0) is 0 Å². The normalized spacial score (nSPS) is 10.9. The van der Waals surface area contributed by atoms with Gasteiger partial charge in [-0.15, -0.1) is 10.2 Å². The molecular formula is C12H9ClFN5S. The number of rotatable bonds is 2. The van der Waals surface area contributed by atoms with Gasteiger partial charge >= 0.3 is 0 Å². The van der Waals surface area contributed by atoms with Crippen molar-refractivity contribution in [3.8, 4) is 16.3 Å². The highest BCUT2D eigenvalue weighted by molar-refractivity contribution is 7.18. The summed E-state index contributed by atoms with van der Waals surface area (Å²) in [5.74, 6) is -0.461. The second kappa shape index (κ2) is 4.84. The third-order valence-corrected chi connectivity index (χ3v) is 3.90. The number of anilines is 1. The van der Waals surface area contributed by atoms with Gasteiger partial charge in [-0.05, 0) is 25.1 Å². The molecule has 5 nitrogen and oxygen atoms in total. The number of nitrogens with two attached hydrogens (primary N) is 1. The third-order valence-electron chi connectivity index (χ3n) is 2.83. The van der Waals surface area contributed by atoms with Gasteiger partial charge in [-0.25, -0.2) is 9.07 Å². The average molecular weight is 310 g/mol. The number of nitrogens with zero attached hydrogens (tertiary/aromatic N) is 4. The lowest BCUT2D eigenvalue weighted by Gasteiger charge is -2.05. The topological polar surface area (TPSA) is 69.6 Å². The second-order valence-electron chi connectivity index (χ2n) is 4.10. The standard InChI is InChI=1S/C12H9ClFN5S/c1-6-8(11-17-18-12(15)20-11)5-16-19(6)7-2-3-10(14)9(13)4-7/h2-5H,1H3,(H2,15,18). The average Bonchev–Trinajstić information content (AvgIpc) is 2.99. The number of benzene rings is 1. The highest BCUT2D eigenvalue weighted by Crippen LogP contribution is 2.29. The van der Waals surface area contributed by atoms with Crippen LogP contribution in [0.3, 0.4) is 0 Å². The monoisotopic (exact) mass is 309 g/mol. The second-order valence-corrected chi connectivity index (χ2v) is 5.52. The zero-order valence-corrected chi connectivity index (χ0v) is 11.9. The van der Waals surface area contributed by atoms with Crippen molar-refractivity contribution in [2.24, 2.45) is 0 Å². The molecule has 102 valence electrons. The van der Waals surface area contributed by atoms with Crippen molar-refractivity contribution in [2.45, 2.75) is 6.92 Å². The van der Waals surface area contributed by atoms with Crippen molar-refractivity contribution < 1.29 is 4.39 Å². The summed E-state index contributed by atoms with van der Waals surface area (Å²) in [6.45, 7) is 1.89. The molecule has 3 rings (SSSR count). The van der Waals surface area contributed by atoms with Gasteiger partial charge in [-0.2, -0.15) is 5.10 Å². The van der Waals surface area contributed by atoms with Gasteiger partial charge in [0.2, 0.25) is 5.13 Å². The first-order valence-electron chi connectivity index (χ1n) is 5.65. The first kappa shape index (κ1) is 13.0. The fraction of sp³-hybridized carbons (Fsp3) is 0.0833. The summed E-state index contributed by atoms with van der Waals surface area (Å²) in [5, 5.41) is 13.2. The summed E-state index contributed by atoms with van der Waals surface area (Å²) in [6.07, 6.45) is 1.67. The molecule has 0 fully saturated rings. The van der Waals surface area contributed by atoms with Gasteiger partial charge in [0.05, 0.1) is 28.2 Å². The minimum atomic E-state index is -0.461. The zero-order chi connectivity index (χ0) is 14.3. The van der Waals surface area contributed by atoms with E-state index >= 15 is 0 Å². The Morgan fingerprint density at radius 1 is 1.35 bits per heavy atom. The lowest BCUT2D eigenvalue weighted by atomic mass is 10.2. The molecule has 0 aliphatic carbocycles. The van der Waals surface area contributed by atoms with E-state index < -0.39 is 5.82 Å². The van der Waals surface area contributed by atoms with Crippen LogP contribution in [0.2, 0.25) is 5.02 Å². The molecule has 3 aromatic rings. The van der Waals surface area contributed by atoms with E-state index in [1.54, 1.807) is 16.9 Å². The number of aromatic nitrogens is 4. The lowest BCUT2D eigenvalue weighted by Crippen LogP contribution is -1.99. The number of hydrogen-bond acceptors (Lipinski definition) is 5. The van der Waals surface area contributed by atoms with Gasteiger partial charge in [0.25, 0.3) is 0 Å². The van der Waals surface area contributed by atoms with Crippen LogP contribution in [0.5, 0.6) is 0 Å². The molecule has 0 amide bonds. The highest BCUT2D eigenvalue weighted by Gasteiger charge is 2.14. The Hall–Kier alpha value is -1.99. The third kappa shape index (κ3) is 2.14. The fourth-order valence-electron chi connectivity index (χ4n) is 1.84. The maximum absolute atomic E-state index is 13.2. The summed E-state index contributed by atoms with van der Waals surface area (Å²) >= 11 is 7.08. The Morgan fingerprint density at radius 3 is 2.80 bits per heavy atom. The van der Waals surface area contributed by atoms with Crippen LogP contribution in [0.1, 0.15) is 5.69 Å². The molecule has 0 atom stereocenters. The predicted octanol–water partition coefficient (Wildman–Crippen LogP) is 3.07. The molecule has 0 unspecified atom stereocenters. The summed E-state index contributed by atoms with van der Waals surface area (Å²) in [4.78, 5) is 0. The minimum Gasteiger partial charge on any atom is -0.374 e. The molecule has 2 aromatic heterocycles. The van der Waals surface area contributed by atoms with E-state index in [1.165, 1.54) is 23.5 Å². The van der Waals surface area contributed by atoms with Crippen molar-refractivity contribution in [1.29, 1.82) is 0 Å². The SMILES string of the molecule is Cc1c(-c2nnc(N)s2)cnn1-c1ccc(F)c(Cl)c1. The van der Waals surface area contributed by atoms with E-state index in [1.807, 2.05) is 6.92 Å². The summed E-state index contributed by atoms with van der Waals surface area (Å²) < 4.78 is 14.9. The largest absolute Gasteiger partial charge is 0.374 e. The minimum absolute atomic E-state index is 0.0547. The van der Waals surface area contributed by atoms with Crippen LogP contribution in [0.4, 0.5) is 9.52 Å². The Balaban J connectivity index is 2.08. The zero-order valence-electron chi connectivity index (χ0n) is 10.3. The van der Waals surface area contributed by atoms with Gasteiger partial charge in [0, 0.05) is 0 Å². The molecule has 8 heteroatoms. The van der Waals surface area contributed by atoms with E-state index in [2.05, 4.69) is 15.3 Å². The van der Waals surface area contributed by atoms with E-state index in [9.17, 15) is 4.39 Å². The molecular weight excluding hydrogens is 301 g/mol. The van der Waals surface area contributed by atoms with Gasteiger partial charge in [0.1, 0.15) is 5.82 Å². The Bertz CT molecular complexity index is 782. The molecule has 0 spiro atoms. The molecule has 0 saturated heterocycles. The molecule has 2 heterocycles. The van der Waals surface area contributed by atoms with Crippen molar-refractivity contribution >= 4 is 28.1 Å². The summed E-state index contributed by atoms with van der Waals surface area (Å²) in [7, 11) is 0. The fourth-order valence-corrected chi connectivity index (χ4v) is 2.69. The van der Waals surface area contributed by atoms with Gasteiger partial charge < -0.3 is 5.73 Å². The maximum Gasteiger partial charge on any atom is 0.203 e. The van der Waals surface area contributed by atoms with Crippen LogP contribution >= 0.6 is 22.9 Å². The Morgan fingerprint density at radius 2 is 2.15 bits per heavy atom. The van der Waals surface area contributed by atoms with Crippen LogP contribution in [0.15, 0.2) is 24.4 Å². The molecule has 0 saturated carbocycles.